The van der Waals surface area contributed by atoms with Crippen LogP contribution in [0.1, 0.15) is 25.3 Å². The Labute approximate surface area is 120 Å². The molecule has 2 aromatic carbocycles. The molecule has 0 aliphatic carbocycles. The van der Waals surface area contributed by atoms with Gasteiger partial charge in [0.2, 0.25) is 0 Å². The number of nitrogens with zero attached hydrogens (tertiary/aromatic N) is 1. The van der Waals surface area contributed by atoms with Gasteiger partial charge in [0.25, 0.3) is 0 Å². The topological polar surface area (TPSA) is 15.3 Å². The maximum atomic E-state index is 3.74. The van der Waals surface area contributed by atoms with E-state index in [0.29, 0.717) is 6.17 Å². The Morgan fingerprint density at radius 2 is 1.80 bits per heavy atom. The van der Waals surface area contributed by atoms with E-state index >= 15 is 0 Å². The van der Waals surface area contributed by atoms with Crippen LogP contribution in [-0.4, -0.2) is 12.7 Å². The lowest BCUT2D eigenvalue weighted by atomic mass is 9.76. The molecule has 1 fully saturated rings. The average molecular weight is 264 g/mol. The summed E-state index contributed by atoms with van der Waals surface area (Å²) in [6.07, 6.45) is 2.88. The van der Waals surface area contributed by atoms with Gasteiger partial charge < -0.3 is 4.90 Å². The summed E-state index contributed by atoms with van der Waals surface area (Å²) in [6, 6.07) is 19.6. The van der Waals surface area contributed by atoms with Crippen LogP contribution in [0.3, 0.4) is 0 Å². The molecule has 2 atom stereocenters. The molecule has 0 spiro atoms. The van der Waals surface area contributed by atoms with Crippen LogP contribution >= 0.6 is 0 Å². The van der Waals surface area contributed by atoms with Gasteiger partial charge in [0.05, 0.1) is 6.17 Å². The Morgan fingerprint density at radius 1 is 1.05 bits per heavy atom. The summed E-state index contributed by atoms with van der Waals surface area (Å²) in [5.74, 6) is 0. The Hall–Kier alpha value is -1.80. The van der Waals surface area contributed by atoms with Crippen molar-refractivity contribution in [2.75, 3.05) is 11.4 Å². The molecule has 2 aliphatic rings. The molecule has 0 unspecified atom stereocenters. The van der Waals surface area contributed by atoms with Crippen LogP contribution < -0.4 is 10.2 Å². The predicted octanol–water partition coefficient (Wildman–Crippen LogP) is 3.81. The van der Waals surface area contributed by atoms with Crippen molar-refractivity contribution >= 4 is 11.4 Å². The quantitative estimate of drug-likeness (QED) is 0.842. The largest absolute Gasteiger partial charge is 0.324 e. The van der Waals surface area contributed by atoms with Crippen molar-refractivity contribution in [2.45, 2.75) is 31.3 Å². The minimum absolute atomic E-state index is 0.213. The number of hydrogen-bond acceptors (Lipinski definition) is 2. The first-order chi connectivity index (χ1) is 9.81. The Morgan fingerprint density at radius 3 is 2.65 bits per heavy atom. The van der Waals surface area contributed by atoms with E-state index in [1.54, 1.807) is 0 Å². The third kappa shape index (κ3) is 1.55. The van der Waals surface area contributed by atoms with Gasteiger partial charge in [-0.05, 0) is 43.1 Å². The average Bonchev–Trinajstić information content (AvgIpc) is 2.77. The van der Waals surface area contributed by atoms with Gasteiger partial charge >= 0.3 is 0 Å². The van der Waals surface area contributed by atoms with Crippen LogP contribution in [0.4, 0.5) is 11.4 Å². The van der Waals surface area contributed by atoms with E-state index in [9.17, 15) is 0 Å². The lowest BCUT2D eigenvalue weighted by Gasteiger charge is -2.41. The van der Waals surface area contributed by atoms with E-state index in [0.717, 1.165) is 6.54 Å². The van der Waals surface area contributed by atoms with Crippen molar-refractivity contribution in [3.8, 4) is 0 Å². The Kier molecular flexibility index (Phi) is 2.61. The van der Waals surface area contributed by atoms with Crippen molar-refractivity contribution in [3.63, 3.8) is 0 Å². The summed E-state index contributed by atoms with van der Waals surface area (Å²) in [6.45, 7) is 3.52. The molecule has 102 valence electrons. The van der Waals surface area contributed by atoms with Crippen LogP contribution in [0.2, 0.25) is 0 Å². The molecule has 4 rings (SSSR count). The molecule has 0 bridgehead atoms. The van der Waals surface area contributed by atoms with Gasteiger partial charge in [-0.25, -0.2) is 0 Å². The van der Waals surface area contributed by atoms with Gasteiger partial charge in [-0.2, -0.15) is 0 Å². The van der Waals surface area contributed by atoms with Gasteiger partial charge in [0, 0.05) is 16.8 Å². The lowest BCUT2D eigenvalue weighted by molar-refractivity contribution is 0.269. The Bertz CT molecular complexity index is 622. The zero-order valence-electron chi connectivity index (χ0n) is 11.8. The summed E-state index contributed by atoms with van der Waals surface area (Å²) in [4.78, 5) is 2.48. The number of anilines is 2. The monoisotopic (exact) mass is 264 g/mol. The Balaban J connectivity index is 1.91. The molecule has 0 saturated carbocycles. The minimum Gasteiger partial charge on any atom is -0.324 e. The van der Waals surface area contributed by atoms with Gasteiger partial charge in [0.15, 0.2) is 0 Å². The fourth-order valence-corrected chi connectivity index (χ4v) is 3.90. The minimum atomic E-state index is 0.213. The maximum absolute atomic E-state index is 3.74. The van der Waals surface area contributed by atoms with E-state index in [1.165, 1.54) is 29.8 Å². The van der Waals surface area contributed by atoms with Crippen LogP contribution in [0.5, 0.6) is 0 Å². The van der Waals surface area contributed by atoms with Crippen molar-refractivity contribution in [2.24, 2.45) is 0 Å². The second-order valence-electron chi connectivity index (χ2n) is 6.10. The van der Waals surface area contributed by atoms with Gasteiger partial charge in [0.1, 0.15) is 0 Å². The van der Waals surface area contributed by atoms with E-state index in [1.807, 2.05) is 0 Å². The first kappa shape index (κ1) is 12.0. The fourth-order valence-electron chi connectivity index (χ4n) is 3.90. The summed E-state index contributed by atoms with van der Waals surface area (Å²) < 4.78 is 0. The van der Waals surface area contributed by atoms with Crippen molar-refractivity contribution in [1.82, 2.24) is 5.32 Å². The van der Waals surface area contributed by atoms with E-state index in [2.05, 4.69) is 71.7 Å². The third-order valence-corrected chi connectivity index (χ3v) is 4.89. The molecule has 0 radical (unpaired) electrons. The summed E-state index contributed by atoms with van der Waals surface area (Å²) in [7, 11) is 0. The molecular formula is C18H20N2. The van der Waals surface area contributed by atoms with Crippen molar-refractivity contribution < 1.29 is 0 Å². The molecule has 2 heteroatoms. The van der Waals surface area contributed by atoms with Crippen molar-refractivity contribution in [1.29, 1.82) is 0 Å². The van der Waals surface area contributed by atoms with Crippen LogP contribution in [-0.2, 0) is 5.41 Å². The molecule has 2 nitrogen and oxygen atoms in total. The second kappa shape index (κ2) is 4.35. The molecule has 20 heavy (non-hydrogen) atoms. The predicted molar refractivity (Wildman–Crippen MR) is 83.4 cm³/mol. The maximum Gasteiger partial charge on any atom is 0.0941 e. The standard InChI is InChI=1S/C18H20N2/c1-18-12-7-13-19-17(18)20(14-8-3-2-4-9-14)16-11-6-5-10-15(16)18/h2-6,8-11,17,19H,7,12-13H2,1H3/t17-,18+/m0/s1. The van der Waals surface area contributed by atoms with Gasteiger partial charge in [-0.15, -0.1) is 0 Å². The number of rotatable bonds is 1. The number of piperidine rings is 1. The van der Waals surface area contributed by atoms with Crippen molar-refractivity contribution in [3.05, 3.63) is 60.2 Å². The number of para-hydroxylation sites is 2. The SMILES string of the molecule is C[C@]12CCCN[C@H]1N(c1ccccc1)c1ccccc12. The molecule has 1 saturated heterocycles. The normalized spacial score (nSPS) is 28.1. The summed E-state index contributed by atoms with van der Waals surface area (Å²) >= 11 is 0. The number of benzene rings is 2. The first-order valence-electron chi connectivity index (χ1n) is 7.48. The van der Waals surface area contributed by atoms with Crippen LogP contribution in [0.25, 0.3) is 0 Å². The van der Waals surface area contributed by atoms with Gasteiger partial charge in [-0.3, -0.25) is 5.32 Å². The van der Waals surface area contributed by atoms with Crippen LogP contribution in [0.15, 0.2) is 54.6 Å². The smallest absolute Gasteiger partial charge is 0.0941 e. The second-order valence-corrected chi connectivity index (χ2v) is 6.10. The number of fused-ring (bicyclic) bond motifs is 3. The van der Waals surface area contributed by atoms with E-state index in [4.69, 9.17) is 0 Å². The number of nitrogens with one attached hydrogen (secondary N) is 1. The van der Waals surface area contributed by atoms with E-state index in [-0.39, 0.29) is 5.41 Å². The first-order valence-corrected chi connectivity index (χ1v) is 7.48. The number of hydrogen-bond donors (Lipinski definition) is 1. The summed E-state index contributed by atoms with van der Waals surface area (Å²) in [5, 5.41) is 3.74. The van der Waals surface area contributed by atoms with E-state index < -0.39 is 0 Å². The molecule has 2 aliphatic heterocycles. The highest BCUT2D eigenvalue weighted by atomic mass is 15.3. The lowest BCUT2D eigenvalue weighted by Crippen LogP contribution is -2.54. The van der Waals surface area contributed by atoms with Crippen LogP contribution in [0, 0.1) is 0 Å². The highest BCUT2D eigenvalue weighted by molar-refractivity contribution is 5.74. The molecule has 2 aromatic rings. The van der Waals surface area contributed by atoms with Gasteiger partial charge in [-0.1, -0.05) is 43.3 Å². The summed E-state index contributed by atoms with van der Waals surface area (Å²) in [5.41, 5.74) is 4.34. The zero-order chi connectivity index (χ0) is 13.6. The highest BCUT2D eigenvalue weighted by Crippen LogP contribution is 2.51. The molecule has 0 amide bonds. The third-order valence-electron chi connectivity index (χ3n) is 4.89. The molecule has 1 N–H and O–H groups in total. The molecule has 0 aromatic heterocycles. The zero-order valence-corrected chi connectivity index (χ0v) is 11.8. The fraction of sp³-hybridized carbons (Fsp3) is 0.333. The molecular weight excluding hydrogens is 244 g/mol. The molecule has 2 heterocycles. The highest BCUT2D eigenvalue weighted by Gasteiger charge is 2.49.